The highest BCUT2D eigenvalue weighted by Crippen LogP contribution is 2.22. The lowest BCUT2D eigenvalue weighted by Crippen LogP contribution is -2.46. The number of nitrogens with zero attached hydrogens (tertiary/aromatic N) is 1. The van der Waals surface area contributed by atoms with Crippen molar-refractivity contribution in [1.29, 1.82) is 0 Å². The molecule has 0 spiro atoms. The SMILES string of the molecule is Cc1cc(C)c(C(C)NC2CCC(=O)NC2)c(C)n1. The van der Waals surface area contributed by atoms with E-state index in [2.05, 4.69) is 42.5 Å². The van der Waals surface area contributed by atoms with E-state index in [1.54, 1.807) is 0 Å². The molecule has 1 aromatic heterocycles. The predicted octanol–water partition coefficient (Wildman–Crippen LogP) is 1.94. The normalized spacial score (nSPS) is 21.1. The molecule has 1 aliphatic rings. The number of nitrogens with one attached hydrogen (secondary N) is 2. The van der Waals surface area contributed by atoms with E-state index in [-0.39, 0.29) is 11.9 Å². The highest BCUT2D eigenvalue weighted by Gasteiger charge is 2.21. The molecule has 0 radical (unpaired) electrons. The summed E-state index contributed by atoms with van der Waals surface area (Å²) in [6.07, 6.45) is 1.53. The molecule has 0 aliphatic carbocycles. The minimum absolute atomic E-state index is 0.162. The van der Waals surface area contributed by atoms with E-state index >= 15 is 0 Å². The van der Waals surface area contributed by atoms with E-state index in [1.165, 1.54) is 11.1 Å². The van der Waals surface area contributed by atoms with Gasteiger partial charge in [0.05, 0.1) is 0 Å². The third-order valence-corrected chi connectivity index (χ3v) is 3.77. The van der Waals surface area contributed by atoms with Crippen molar-refractivity contribution in [2.24, 2.45) is 0 Å². The molecule has 2 atom stereocenters. The van der Waals surface area contributed by atoms with Crippen molar-refractivity contribution in [3.8, 4) is 0 Å². The maximum absolute atomic E-state index is 11.2. The van der Waals surface area contributed by atoms with Gasteiger partial charge in [0.2, 0.25) is 5.91 Å². The Hall–Kier alpha value is -1.42. The maximum Gasteiger partial charge on any atom is 0.220 e. The zero-order valence-corrected chi connectivity index (χ0v) is 12.2. The summed E-state index contributed by atoms with van der Waals surface area (Å²) in [6.45, 7) is 9.12. The molecule has 0 aromatic carbocycles. The molecule has 4 nitrogen and oxygen atoms in total. The van der Waals surface area contributed by atoms with Crippen molar-refractivity contribution >= 4 is 5.91 Å². The summed E-state index contributed by atoms with van der Waals surface area (Å²) in [5.74, 6) is 0.162. The average molecular weight is 261 g/mol. The molecule has 2 unspecified atom stereocenters. The first-order valence-electron chi connectivity index (χ1n) is 6.95. The van der Waals surface area contributed by atoms with Gasteiger partial charge < -0.3 is 10.6 Å². The van der Waals surface area contributed by atoms with Crippen LogP contribution >= 0.6 is 0 Å². The van der Waals surface area contributed by atoms with Crippen molar-refractivity contribution in [2.45, 2.75) is 52.6 Å². The molecule has 1 saturated heterocycles. The van der Waals surface area contributed by atoms with Gasteiger partial charge in [0.15, 0.2) is 0 Å². The van der Waals surface area contributed by atoms with E-state index in [4.69, 9.17) is 0 Å². The van der Waals surface area contributed by atoms with E-state index < -0.39 is 0 Å². The number of carbonyl (C=O) groups is 1. The van der Waals surface area contributed by atoms with Crippen LogP contribution in [0.25, 0.3) is 0 Å². The Morgan fingerprint density at radius 1 is 1.42 bits per heavy atom. The summed E-state index contributed by atoms with van der Waals surface area (Å²) in [4.78, 5) is 15.7. The first-order chi connectivity index (χ1) is 8.97. The second-order valence-corrected chi connectivity index (χ2v) is 5.51. The van der Waals surface area contributed by atoms with Gasteiger partial charge in [-0.05, 0) is 51.3 Å². The molecule has 2 N–H and O–H groups in total. The fourth-order valence-electron chi connectivity index (χ4n) is 3.00. The van der Waals surface area contributed by atoms with Crippen molar-refractivity contribution in [1.82, 2.24) is 15.6 Å². The molecule has 0 saturated carbocycles. The molecule has 19 heavy (non-hydrogen) atoms. The van der Waals surface area contributed by atoms with Crippen LogP contribution in [-0.4, -0.2) is 23.5 Å². The molecular formula is C15H23N3O. The van der Waals surface area contributed by atoms with E-state index in [9.17, 15) is 4.79 Å². The summed E-state index contributed by atoms with van der Waals surface area (Å²) in [6, 6.07) is 2.74. The van der Waals surface area contributed by atoms with Gasteiger partial charge >= 0.3 is 0 Å². The van der Waals surface area contributed by atoms with Gasteiger partial charge in [0.25, 0.3) is 0 Å². The van der Waals surface area contributed by atoms with Crippen LogP contribution in [-0.2, 0) is 4.79 Å². The van der Waals surface area contributed by atoms with E-state index in [0.29, 0.717) is 12.5 Å². The zero-order valence-electron chi connectivity index (χ0n) is 12.2. The van der Waals surface area contributed by atoms with Crippen molar-refractivity contribution in [2.75, 3.05) is 6.54 Å². The Balaban J connectivity index is 2.08. The molecule has 104 valence electrons. The number of hydrogen-bond donors (Lipinski definition) is 2. The van der Waals surface area contributed by atoms with Crippen LogP contribution in [0.1, 0.15) is 48.3 Å². The maximum atomic E-state index is 11.2. The monoisotopic (exact) mass is 261 g/mol. The molecule has 1 aromatic rings. The van der Waals surface area contributed by atoms with Crippen LogP contribution in [0.5, 0.6) is 0 Å². The zero-order chi connectivity index (χ0) is 14.0. The summed E-state index contributed by atoms with van der Waals surface area (Å²) >= 11 is 0. The second kappa shape index (κ2) is 5.70. The number of rotatable bonds is 3. The highest BCUT2D eigenvalue weighted by atomic mass is 16.1. The van der Waals surface area contributed by atoms with Crippen LogP contribution in [0.15, 0.2) is 6.07 Å². The van der Waals surface area contributed by atoms with Crippen LogP contribution in [0.4, 0.5) is 0 Å². The van der Waals surface area contributed by atoms with Crippen molar-refractivity contribution in [3.05, 3.63) is 28.6 Å². The van der Waals surface area contributed by atoms with Crippen molar-refractivity contribution in [3.63, 3.8) is 0 Å². The topological polar surface area (TPSA) is 54.0 Å². The summed E-state index contributed by atoms with van der Waals surface area (Å²) in [7, 11) is 0. The second-order valence-electron chi connectivity index (χ2n) is 5.51. The first kappa shape index (κ1) is 14.0. The number of piperidine rings is 1. The molecular weight excluding hydrogens is 238 g/mol. The largest absolute Gasteiger partial charge is 0.355 e. The van der Waals surface area contributed by atoms with E-state index in [1.807, 2.05) is 6.92 Å². The smallest absolute Gasteiger partial charge is 0.220 e. The number of amides is 1. The molecule has 4 heteroatoms. The quantitative estimate of drug-likeness (QED) is 0.874. The average Bonchev–Trinajstić information content (AvgIpc) is 2.30. The summed E-state index contributed by atoms with van der Waals surface area (Å²) in [5.41, 5.74) is 4.72. The lowest BCUT2D eigenvalue weighted by molar-refractivity contribution is -0.122. The minimum Gasteiger partial charge on any atom is -0.355 e. The Labute approximate surface area is 115 Å². The number of hydrogen-bond acceptors (Lipinski definition) is 3. The number of aryl methyl sites for hydroxylation is 3. The van der Waals surface area contributed by atoms with Gasteiger partial charge in [-0.25, -0.2) is 0 Å². The fourth-order valence-corrected chi connectivity index (χ4v) is 3.00. The van der Waals surface area contributed by atoms with Gasteiger partial charge in [-0.1, -0.05) is 0 Å². The Kier molecular flexibility index (Phi) is 4.20. The van der Waals surface area contributed by atoms with Gasteiger partial charge in [-0.2, -0.15) is 0 Å². The fraction of sp³-hybridized carbons (Fsp3) is 0.600. The summed E-state index contributed by atoms with van der Waals surface area (Å²) in [5, 5.41) is 6.51. The van der Waals surface area contributed by atoms with Crippen LogP contribution in [0.3, 0.4) is 0 Å². The summed E-state index contributed by atoms with van der Waals surface area (Å²) < 4.78 is 0. The third-order valence-electron chi connectivity index (χ3n) is 3.77. The van der Waals surface area contributed by atoms with Crippen LogP contribution in [0.2, 0.25) is 0 Å². The highest BCUT2D eigenvalue weighted by molar-refractivity contribution is 5.76. The molecule has 1 aliphatic heterocycles. The van der Waals surface area contributed by atoms with E-state index in [0.717, 1.165) is 24.4 Å². The van der Waals surface area contributed by atoms with Gasteiger partial charge in [0, 0.05) is 36.4 Å². The number of carbonyl (C=O) groups excluding carboxylic acids is 1. The lowest BCUT2D eigenvalue weighted by Gasteiger charge is -2.28. The van der Waals surface area contributed by atoms with Gasteiger partial charge in [-0.3, -0.25) is 9.78 Å². The lowest BCUT2D eigenvalue weighted by atomic mass is 9.98. The minimum atomic E-state index is 0.162. The molecule has 0 bridgehead atoms. The first-order valence-corrected chi connectivity index (χ1v) is 6.95. The molecule has 2 heterocycles. The third kappa shape index (κ3) is 3.32. The number of aromatic nitrogens is 1. The standard InChI is InChI=1S/C15H23N3O/c1-9-7-10(2)17-11(3)15(9)12(4)18-13-5-6-14(19)16-8-13/h7,12-13,18H,5-6,8H2,1-4H3,(H,16,19). The predicted molar refractivity (Wildman–Crippen MR) is 76.0 cm³/mol. The van der Waals surface area contributed by atoms with Crippen LogP contribution in [0, 0.1) is 20.8 Å². The Morgan fingerprint density at radius 3 is 2.74 bits per heavy atom. The van der Waals surface area contributed by atoms with Crippen molar-refractivity contribution < 1.29 is 4.79 Å². The molecule has 1 amide bonds. The number of pyridine rings is 1. The Bertz CT molecular complexity index is 451. The molecule has 1 fully saturated rings. The van der Waals surface area contributed by atoms with Crippen LogP contribution < -0.4 is 10.6 Å². The Morgan fingerprint density at radius 2 is 2.16 bits per heavy atom. The van der Waals surface area contributed by atoms with Gasteiger partial charge in [0.1, 0.15) is 0 Å². The van der Waals surface area contributed by atoms with Gasteiger partial charge in [-0.15, -0.1) is 0 Å². The molecule has 2 rings (SSSR count).